The predicted molar refractivity (Wildman–Crippen MR) is 79.5 cm³/mol. The first-order chi connectivity index (χ1) is 8.89. The second kappa shape index (κ2) is 6.35. The summed E-state index contributed by atoms with van der Waals surface area (Å²) in [4.78, 5) is 26.0. The van der Waals surface area contributed by atoms with E-state index >= 15 is 0 Å². The third kappa shape index (κ3) is 3.47. The molecule has 0 unspecified atom stereocenters. The molecule has 0 saturated carbocycles. The van der Waals surface area contributed by atoms with Crippen molar-refractivity contribution in [2.75, 3.05) is 14.2 Å². The van der Waals surface area contributed by atoms with Crippen LogP contribution in [-0.2, 0) is 19.1 Å². The SMILES string of the molecule is CCC(C(=O)C(C)(C)C)(C(=O)C(C)(C)C)C(OC)OC. The van der Waals surface area contributed by atoms with Gasteiger partial charge in [0.1, 0.15) is 5.41 Å². The molecule has 0 radical (unpaired) electrons. The van der Waals surface area contributed by atoms with Gasteiger partial charge in [0.15, 0.2) is 17.9 Å². The number of Topliss-reactive ketones (excluding diaryl/α,β-unsaturated/α-hetero) is 2. The van der Waals surface area contributed by atoms with Crippen molar-refractivity contribution in [3.8, 4) is 0 Å². The van der Waals surface area contributed by atoms with Crippen molar-refractivity contribution in [1.29, 1.82) is 0 Å². The van der Waals surface area contributed by atoms with E-state index in [4.69, 9.17) is 9.47 Å². The molecule has 4 nitrogen and oxygen atoms in total. The molecular formula is C16H30O4. The average Bonchev–Trinajstić information content (AvgIpc) is 2.32. The van der Waals surface area contributed by atoms with E-state index < -0.39 is 22.5 Å². The lowest BCUT2D eigenvalue weighted by molar-refractivity contribution is -0.198. The molecule has 0 rings (SSSR count). The summed E-state index contributed by atoms with van der Waals surface area (Å²) in [5.74, 6) is -0.276. The molecule has 0 aromatic rings. The van der Waals surface area contributed by atoms with Crippen LogP contribution < -0.4 is 0 Å². The zero-order chi connectivity index (χ0) is 16.4. The summed E-state index contributed by atoms with van der Waals surface area (Å²) >= 11 is 0. The third-order valence-corrected chi connectivity index (χ3v) is 3.56. The topological polar surface area (TPSA) is 52.6 Å². The van der Waals surface area contributed by atoms with Crippen molar-refractivity contribution in [3.63, 3.8) is 0 Å². The van der Waals surface area contributed by atoms with Gasteiger partial charge in [0, 0.05) is 25.0 Å². The van der Waals surface area contributed by atoms with Crippen LogP contribution in [0.15, 0.2) is 0 Å². The lowest BCUT2D eigenvalue weighted by Gasteiger charge is -2.42. The van der Waals surface area contributed by atoms with Gasteiger partial charge in [0.25, 0.3) is 0 Å². The normalized spacial score (nSPS) is 13.7. The van der Waals surface area contributed by atoms with Crippen LogP contribution in [0.3, 0.4) is 0 Å². The van der Waals surface area contributed by atoms with Crippen LogP contribution in [0.25, 0.3) is 0 Å². The molecule has 0 aromatic heterocycles. The standard InChI is InChI=1S/C16H30O4/c1-10-16(13(19-8)20-9,11(17)14(2,3)4)12(18)15(5,6)7/h13H,10H2,1-9H3. The first-order valence-corrected chi connectivity index (χ1v) is 7.05. The van der Waals surface area contributed by atoms with Gasteiger partial charge in [-0.15, -0.1) is 0 Å². The van der Waals surface area contributed by atoms with Crippen molar-refractivity contribution in [2.24, 2.45) is 16.2 Å². The Balaban J connectivity index is 6.15. The number of hydrogen-bond donors (Lipinski definition) is 0. The summed E-state index contributed by atoms with van der Waals surface area (Å²) < 4.78 is 10.6. The maximum Gasteiger partial charge on any atom is 0.176 e. The van der Waals surface area contributed by atoms with Crippen LogP contribution in [0.1, 0.15) is 54.9 Å². The van der Waals surface area contributed by atoms with E-state index in [1.165, 1.54) is 14.2 Å². The Morgan fingerprint density at radius 1 is 0.850 bits per heavy atom. The fourth-order valence-corrected chi connectivity index (χ4v) is 2.64. The predicted octanol–water partition coefficient (Wildman–Crippen LogP) is 3.23. The zero-order valence-electron chi connectivity index (χ0n) is 14.4. The van der Waals surface area contributed by atoms with Gasteiger partial charge in [-0.2, -0.15) is 0 Å². The van der Waals surface area contributed by atoms with Gasteiger partial charge in [-0.3, -0.25) is 9.59 Å². The van der Waals surface area contributed by atoms with Crippen LogP contribution in [0.2, 0.25) is 0 Å². The Hall–Kier alpha value is -0.740. The molecule has 0 amide bonds. The Morgan fingerprint density at radius 2 is 1.15 bits per heavy atom. The van der Waals surface area contributed by atoms with E-state index in [0.29, 0.717) is 6.42 Å². The first kappa shape index (κ1) is 19.3. The smallest absolute Gasteiger partial charge is 0.176 e. The fourth-order valence-electron chi connectivity index (χ4n) is 2.64. The quantitative estimate of drug-likeness (QED) is 0.555. The number of rotatable bonds is 6. The van der Waals surface area contributed by atoms with Crippen molar-refractivity contribution >= 4 is 11.6 Å². The van der Waals surface area contributed by atoms with Crippen molar-refractivity contribution in [1.82, 2.24) is 0 Å². The van der Waals surface area contributed by atoms with Crippen LogP contribution in [0.5, 0.6) is 0 Å². The summed E-state index contributed by atoms with van der Waals surface area (Å²) in [6.45, 7) is 12.7. The van der Waals surface area contributed by atoms with Gasteiger partial charge >= 0.3 is 0 Å². The molecule has 118 valence electrons. The Bertz CT molecular complexity index is 328. The molecule has 20 heavy (non-hydrogen) atoms. The highest BCUT2D eigenvalue weighted by Gasteiger charge is 2.57. The van der Waals surface area contributed by atoms with Gasteiger partial charge in [0.05, 0.1) is 0 Å². The monoisotopic (exact) mass is 286 g/mol. The van der Waals surface area contributed by atoms with Crippen molar-refractivity contribution in [2.45, 2.75) is 61.2 Å². The minimum absolute atomic E-state index is 0.138. The van der Waals surface area contributed by atoms with E-state index in [-0.39, 0.29) is 11.6 Å². The molecule has 0 N–H and O–H groups in total. The van der Waals surface area contributed by atoms with Crippen molar-refractivity contribution in [3.05, 3.63) is 0 Å². The summed E-state index contributed by atoms with van der Waals surface area (Å²) in [7, 11) is 2.93. The lowest BCUT2D eigenvalue weighted by atomic mass is 9.62. The number of ketones is 2. The third-order valence-electron chi connectivity index (χ3n) is 3.56. The van der Waals surface area contributed by atoms with Crippen molar-refractivity contribution < 1.29 is 19.1 Å². The molecule has 4 heteroatoms. The second-order valence-electron chi connectivity index (χ2n) is 7.29. The number of carbonyl (C=O) groups excluding carboxylic acids is 2. The maximum absolute atomic E-state index is 13.0. The highest BCUT2D eigenvalue weighted by atomic mass is 16.7. The van der Waals surface area contributed by atoms with Gasteiger partial charge in [-0.05, 0) is 6.42 Å². The Morgan fingerprint density at radius 3 is 1.30 bits per heavy atom. The highest BCUT2D eigenvalue weighted by molar-refractivity contribution is 6.11. The number of carbonyl (C=O) groups is 2. The van der Waals surface area contributed by atoms with Gasteiger partial charge in [0.2, 0.25) is 0 Å². The van der Waals surface area contributed by atoms with Crippen LogP contribution in [0, 0.1) is 16.2 Å². The first-order valence-electron chi connectivity index (χ1n) is 7.05. The molecule has 0 spiro atoms. The molecule has 0 aliphatic heterocycles. The molecular weight excluding hydrogens is 256 g/mol. The van der Waals surface area contributed by atoms with Crippen LogP contribution in [0.4, 0.5) is 0 Å². The van der Waals surface area contributed by atoms with E-state index in [1.54, 1.807) is 0 Å². The Kier molecular flexibility index (Phi) is 6.12. The molecule has 0 aromatic carbocycles. The lowest BCUT2D eigenvalue weighted by Crippen LogP contribution is -2.57. The summed E-state index contributed by atoms with van der Waals surface area (Å²) in [5, 5.41) is 0. The molecule has 0 fully saturated rings. The second-order valence-corrected chi connectivity index (χ2v) is 7.29. The van der Waals surface area contributed by atoms with E-state index in [0.717, 1.165) is 0 Å². The molecule has 0 saturated heterocycles. The van der Waals surface area contributed by atoms with Crippen LogP contribution >= 0.6 is 0 Å². The fraction of sp³-hybridized carbons (Fsp3) is 0.875. The largest absolute Gasteiger partial charge is 0.354 e. The zero-order valence-corrected chi connectivity index (χ0v) is 14.4. The number of hydrogen-bond acceptors (Lipinski definition) is 4. The number of ether oxygens (including phenoxy) is 2. The van der Waals surface area contributed by atoms with Gasteiger partial charge in [-0.1, -0.05) is 48.5 Å². The summed E-state index contributed by atoms with van der Waals surface area (Å²) in [6, 6.07) is 0. The minimum Gasteiger partial charge on any atom is -0.354 e. The van der Waals surface area contributed by atoms with E-state index in [9.17, 15) is 9.59 Å². The minimum atomic E-state index is -1.28. The van der Waals surface area contributed by atoms with Crippen LogP contribution in [-0.4, -0.2) is 32.1 Å². The summed E-state index contributed by atoms with van der Waals surface area (Å²) in [6.07, 6.45) is -0.517. The van der Waals surface area contributed by atoms with E-state index in [1.807, 2.05) is 48.5 Å². The highest BCUT2D eigenvalue weighted by Crippen LogP contribution is 2.42. The van der Waals surface area contributed by atoms with Gasteiger partial charge < -0.3 is 9.47 Å². The molecule has 0 heterocycles. The van der Waals surface area contributed by atoms with E-state index in [2.05, 4.69) is 0 Å². The van der Waals surface area contributed by atoms with Gasteiger partial charge in [-0.25, -0.2) is 0 Å². The number of methoxy groups -OCH3 is 2. The molecule has 0 bridgehead atoms. The average molecular weight is 286 g/mol. The molecule has 0 aliphatic rings. The molecule has 0 atom stereocenters. The Labute approximate surface area is 123 Å². The summed E-state index contributed by atoms with van der Waals surface area (Å²) in [5.41, 5.74) is -2.57. The maximum atomic E-state index is 13.0. The molecule has 0 aliphatic carbocycles.